The highest BCUT2D eigenvalue weighted by Gasteiger charge is 2.24. The van der Waals surface area contributed by atoms with Crippen LogP contribution in [0.1, 0.15) is 26.2 Å². The number of rotatable bonds is 1. The maximum atomic E-state index is 11.0. The first-order valence-corrected chi connectivity index (χ1v) is 3.79. The highest BCUT2D eigenvalue weighted by Crippen LogP contribution is 2.22. The summed E-state index contributed by atoms with van der Waals surface area (Å²) in [6.07, 6.45) is 2.86. The van der Waals surface area contributed by atoms with Gasteiger partial charge in [-0.05, 0) is 12.8 Å². The van der Waals surface area contributed by atoms with E-state index in [0.717, 1.165) is 12.8 Å². The van der Waals surface area contributed by atoms with Gasteiger partial charge in [0.05, 0.1) is 6.10 Å². The van der Waals surface area contributed by atoms with Gasteiger partial charge < -0.3 is 4.74 Å². The Bertz CT molecular complexity index is 131. The minimum Gasteiger partial charge on any atom is -0.381 e. The van der Waals surface area contributed by atoms with E-state index in [1.807, 2.05) is 6.92 Å². The van der Waals surface area contributed by atoms with Crippen LogP contribution in [0.15, 0.2) is 0 Å². The molecule has 1 aliphatic carbocycles. The average molecular weight is 142 g/mol. The van der Waals surface area contributed by atoms with Crippen molar-refractivity contribution in [3.63, 3.8) is 0 Å². The van der Waals surface area contributed by atoms with Gasteiger partial charge in [-0.3, -0.25) is 4.79 Å². The van der Waals surface area contributed by atoms with Crippen LogP contribution >= 0.6 is 0 Å². The number of hydrogen-bond donors (Lipinski definition) is 0. The highest BCUT2D eigenvalue weighted by atomic mass is 16.5. The number of Topliss-reactive ketones (excluding diaryl/α,β-unsaturated/α-hetero) is 1. The summed E-state index contributed by atoms with van der Waals surface area (Å²) in [6, 6.07) is 0. The molecule has 2 unspecified atom stereocenters. The van der Waals surface area contributed by atoms with Gasteiger partial charge in [0.25, 0.3) is 0 Å². The van der Waals surface area contributed by atoms with Crippen molar-refractivity contribution >= 4 is 5.78 Å². The first-order valence-electron chi connectivity index (χ1n) is 3.79. The van der Waals surface area contributed by atoms with Crippen LogP contribution in [0.4, 0.5) is 0 Å². The highest BCUT2D eigenvalue weighted by molar-refractivity contribution is 5.81. The minimum absolute atomic E-state index is 0.221. The molecule has 0 amide bonds. The second kappa shape index (κ2) is 3.15. The molecule has 0 aromatic carbocycles. The van der Waals surface area contributed by atoms with Crippen molar-refractivity contribution < 1.29 is 9.53 Å². The molecule has 0 radical (unpaired) electrons. The molecule has 2 heteroatoms. The van der Waals surface area contributed by atoms with E-state index in [-0.39, 0.29) is 5.92 Å². The number of carbonyl (C=O) groups excluding carboxylic acids is 1. The molecule has 58 valence electrons. The fourth-order valence-electron chi connectivity index (χ4n) is 1.41. The van der Waals surface area contributed by atoms with Crippen molar-refractivity contribution in [1.82, 2.24) is 0 Å². The molecule has 2 nitrogen and oxygen atoms in total. The molecule has 1 rings (SSSR count). The van der Waals surface area contributed by atoms with Crippen molar-refractivity contribution in [2.45, 2.75) is 32.3 Å². The number of carbonyl (C=O) groups is 1. The summed E-state index contributed by atoms with van der Waals surface area (Å²) in [4.78, 5) is 11.0. The lowest BCUT2D eigenvalue weighted by Gasteiger charge is -2.24. The predicted molar refractivity (Wildman–Crippen MR) is 38.8 cm³/mol. The molecule has 0 bridgehead atoms. The molecular weight excluding hydrogens is 128 g/mol. The zero-order chi connectivity index (χ0) is 7.56. The molecule has 10 heavy (non-hydrogen) atoms. The maximum absolute atomic E-state index is 11.0. The molecule has 0 aliphatic heterocycles. The van der Waals surface area contributed by atoms with E-state index in [2.05, 4.69) is 0 Å². The Morgan fingerprint density at radius 3 is 2.80 bits per heavy atom. The second-order valence-corrected chi connectivity index (χ2v) is 3.00. The molecular formula is C8H14O2. The number of methoxy groups -OCH3 is 1. The summed E-state index contributed by atoms with van der Waals surface area (Å²) in [5, 5.41) is 0. The van der Waals surface area contributed by atoms with Crippen molar-refractivity contribution in [1.29, 1.82) is 0 Å². The van der Waals surface area contributed by atoms with Gasteiger partial charge in [-0.1, -0.05) is 6.92 Å². The maximum Gasteiger partial charge on any atom is 0.135 e. The van der Waals surface area contributed by atoms with Gasteiger partial charge in [0.2, 0.25) is 0 Å². The monoisotopic (exact) mass is 142 g/mol. The number of hydrogen-bond acceptors (Lipinski definition) is 2. The molecule has 2 atom stereocenters. The van der Waals surface area contributed by atoms with Crippen molar-refractivity contribution in [3.8, 4) is 0 Å². The molecule has 0 saturated heterocycles. The zero-order valence-corrected chi connectivity index (χ0v) is 6.59. The van der Waals surface area contributed by atoms with Crippen LogP contribution in [0.3, 0.4) is 0 Å². The van der Waals surface area contributed by atoms with Gasteiger partial charge in [0.15, 0.2) is 0 Å². The van der Waals surface area contributed by atoms with Gasteiger partial charge in [-0.2, -0.15) is 0 Å². The Kier molecular flexibility index (Phi) is 2.44. The standard InChI is InChI=1S/C8H14O2/c1-6-5-7(10-2)3-4-8(6)9/h6-7H,3-5H2,1-2H3. The third-order valence-electron chi connectivity index (χ3n) is 2.21. The van der Waals surface area contributed by atoms with Crippen molar-refractivity contribution in [3.05, 3.63) is 0 Å². The lowest BCUT2D eigenvalue weighted by Crippen LogP contribution is -2.27. The lowest BCUT2D eigenvalue weighted by molar-refractivity contribution is -0.126. The topological polar surface area (TPSA) is 26.3 Å². The molecule has 0 N–H and O–H groups in total. The summed E-state index contributed by atoms with van der Waals surface area (Å²) in [5.74, 6) is 0.618. The summed E-state index contributed by atoms with van der Waals surface area (Å²) in [6.45, 7) is 1.98. The molecule has 1 fully saturated rings. The summed E-state index contributed by atoms with van der Waals surface area (Å²) >= 11 is 0. The largest absolute Gasteiger partial charge is 0.381 e. The molecule has 1 aliphatic rings. The van der Waals surface area contributed by atoms with Crippen LogP contribution < -0.4 is 0 Å². The Morgan fingerprint density at radius 2 is 2.30 bits per heavy atom. The normalized spacial score (nSPS) is 34.4. The van der Waals surface area contributed by atoms with Crippen LogP contribution in [0.5, 0.6) is 0 Å². The number of ether oxygens (including phenoxy) is 1. The average Bonchev–Trinajstić information content (AvgIpc) is 1.95. The molecule has 0 aromatic heterocycles. The minimum atomic E-state index is 0.221. The first-order chi connectivity index (χ1) is 4.74. The smallest absolute Gasteiger partial charge is 0.135 e. The van der Waals surface area contributed by atoms with Crippen LogP contribution in [-0.4, -0.2) is 19.0 Å². The molecule has 0 heterocycles. The SMILES string of the molecule is COC1CCC(=O)C(C)C1. The Labute approximate surface area is 61.6 Å². The van der Waals surface area contributed by atoms with Gasteiger partial charge >= 0.3 is 0 Å². The number of ketones is 1. The van der Waals surface area contributed by atoms with E-state index in [1.165, 1.54) is 0 Å². The van der Waals surface area contributed by atoms with E-state index < -0.39 is 0 Å². The van der Waals surface area contributed by atoms with E-state index in [1.54, 1.807) is 7.11 Å². The van der Waals surface area contributed by atoms with Crippen LogP contribution in [0.2, 0.25) is 0 Å². The predicted octanol–water partition coefficient (Wildman–Crippen LogP) is 1.39. The summed E-state index contributed by atoms with van der Waals surface area (Å²) in [7, 11) is 1.72. The molecule has 0 aromatic rings. The lowest BCUT2D eigenvalue weighted by atomic mass is 9.87. The Morgan fingerprint density at radius 1 is 1.60 bits per heavy atom. The fourth-order valence-corrected chi connectivity index (χ4v) is 1.41. The molecule has 0 spiro atoms. The molecule has 1 saturated carbocycles. The van der Waals surface area contributed by atoms with E-state index in [4.69, 9.17) is 4.74 Å². The quantitative estimate of drug-likeness (QED) is 0.553. The fraction of sp³-hybridized carbons (Fsp3) is 0.875. The van der Waals surface area contributed by atoms with Crippen LogP contribution in [0.25, 0.3) is 0 Å². The zero-order valence-electron chi connectivity index (χ0n) is 6.59. The van der Waals surface area contributed by atoms with Gasteiger partial charge in [-0.25, -0.2) is 0 Å². The van der Waals surface area contributed by atoms with E-state index >= 15 is 0 Å². The summed E-state index contributed by atoms with van der Waals surface area (Å²) < 4.78 is 5.16. The van der Waals surface area contributed by atoms with Gasteiger partial charge in [0, 0.05) is 19.4 Å². The van der Waals surface area contributed by atoms with Crippen molar-refractivity contribution in [2.24, 2.45) is 5.92 Å². The first kappa shape index (κ1) is 7.73. The second-order valence-electron chi connectivity index (χ2n) is 3.00. The van der Waals surface area contributed by atoms with Crippen LogP contribution in [-0.2, 0) is 9.53 Å². The summed E-state index contributed by atoms with van der Waals surface area (Å²) in [5.41, 5.74) is 0. The Hall–Kier alpha value is -0.370. The van der Waals surface area contributed by atoms with Gasteiger partial charge in [0.1, 0.15) is 5.78 Å². The van der Waals surface area contributed by atoms with Crippen molar-refractivity contribution in [2.75, 3.05) is 7.11 Å². The third-order valence-corrected chi connectivity index (χ3v) is 2.21. The Balaban J connectivity index is 2.40. The van der Waals surface area contributed by atoms with E-state index in [9.17, 15) is 4.79 Å². The van der Waals surface area contributed by atoms with Gasteiger partial charge in [-0.15, -0.1) is 0 Å². The van der Waals surface area contributed by atoms with Crippen LogP contribution in [0, 0.1) is 5.92 Å². The third kappa shape index (κ3) is 1.57. The van der Waals surface area contributed by atoms with E-state index in [0.29, 0.717) is 18.3 Å².